The summed E-state index contributed by atoms with van der Waals surface area (Å²) in [6, 6.07) is 4.03. The number of rotatable bonds is 2. The van der Waals surface area contributed by atoms with Gasteiger partial charge in [-0.15, -0.1) is 13.2 Å². The fourth-order valence-corrected chi connectivity index (χ4v) is 1.31. The zero-order chi connectivity index (χ0) is 13.9. The first-order valence-electron chi connectivity index (χ1n) is 4.68. The third-order valence-electron chi connectivity index (χ3n) is 2.10. The number of esters is 1. The number of carbonyl (C=O) groups excluding carboxylic acids is 1. The Morgan fingerprint density at radius 3 is 2.44 bits per heavy atom. The van der Waals surface area contributed by atoms with E-state index in [9.17, 15) is 18.0 Å². The molecule has 0 unspecified atom stereocenters. The van der Waals surface area contributed by atoms with Crippen molar-refractivity contribution in [2.75, 3.05) is 7.11 Å². The van der Waals surface area contributed by atoms with Gasteiger partial charge in [0.2, 0.25) is 0 Å². The van der Waals surface area contributed by atoms with Gasteiger partial charge in [0.1, 0.15) is 11.6 Å². The molecule has 0 fully saturated rings. The zero-order valence-electron chi connectivity index (χ0n) is 9.46. The van der Waals surface area contributed by atoms with Crippen LogP contribution in [0.25, 0.3) is 0 Å². The third kappa shape index (κ3) is 2.91. The first kappa shape index (κ1) is 13.8. The van der Waals surface area contributed by atoms with Crippen LogP contribution < -0.4 is 4.74 Å². The molecule has 1 aromatic carbocycles. The van der Waals surface area contributed by atoms with Gasteiger partial charge in [0.15, 0.2) is 5.75 Å². The number of nitrogens with zero attached hydrogens (tertiary/aromatic N) is 1. The molecule has 0 aliphatic rings. The molecule has 4 nitrogen and oxygen atoms in total. The van der Waals surface area contributed by atoms with E-state index in [1.807, 2.05) is 0 Å². The fourth-order valence-electron chi connectivity index (χ4n) is 1.31. The highest BCUT2D eigenvalue weighted by atomic mass is 19.4. The monoisotopic (exact) mass is 259 g/mol. The van der Waals surface area contributed by atoms with Crippen LogP contribution in [0.5, 0.6) is 5.75 Å². The molecule has 7 heteroatoms. The molecule has 0 saturated heterocycles. The van der Waals surface area contributed by atoms with Crippen molar-refractivity contribution in [2.45, 2.75) is 13.3 Å². The van der Waals surface area contributed by atoms with Crippen molar-refractivity contribution < 1.29 is 27.4 Å². The maximum atomic E-state index is 12.3. The summed E-state index contributed by atoms with van der Waals surface area (Å²) in [5.74, 6) is -1.84. The van der Waals surface area contributed by atoms with Gasteiger partial charge in [-0.3, -0.25) is 0 Å². The Bertz CT molecular complexity index is 517. The van der Waals surface area contributed by atoms with Crippen LogP contribution in [0, 0.1) is 18.3 Å². The van der Waals surface area contributed by atoms with E-state index in [1.165, 1.54) is 13.0 Å². The molecule has 0 amide bonds. The number of carbonyl (C=O) groups is 1. The van der Waals surface area contributed by atoms with Crippen molar-refractivity contribution >= 4 is 5.97 Å². The number of alkyl halides is 3. The lowest BCUT2D eigenvalue weighted by Crippen LogP contribution is -2.20. The number of halogens is 3. The van der Waals surface area contributed by atoms with E-state index >= 15 is 0 Å². The highest BCUT2D eigenvalue weighted by molar-refractivity contribution is 5.93. The van der Waals surface area contributed by atoms with Crippen molar-refractivity contribution in [3.8, 4) is 11.8 Å². The van der Waals surface area contributed by atoms with E-state index in [1.54, 1.807) is 6.07 Å². The van der Waals surface area contributed by atoms with Crippen LogP contribution in [0.1, 0.15) is 21.5 Å². The summed E-state index contributed by atoms with van der Waals surface area (Å²) in [7, 11) is 1.02. The quantitative estimate of drug-likeness (QED) is 0.766. The lowest BCUT2D eigenvalue weighted by atomic mass is 10.0. The second-order valence-electron chi connectivity index (χ2n) is 3.29. The molecule has 18 heavy (non-hydrogen) atoms. The predicted octanol–water partition coefficient (Wildman–Crippen LogP) is 2.55. The van der Waals surface area contributed by atoms with Gasteiger partial charge in [0, 0.05) is 0 Å². The first-order chi connectivity index (χ1) is 8.30. The van der Waals surface area contributed by atoms with Crippen LogP contribution in [0.4, 0.5) is 13.2 Å². The van der Waals surface area contributed by atoms with Crippen LogP contribution in [0.2, 0.25) is 0 Å². The average Bonchev–Trinajstić information content (AvgIpc) is 2.26. The van der Waals surface area contributed by atoms with Gasteiger partial charge >= 0.3 is 12.3 Å². The van der Waals surface area contributed by atoms with Crippen LogP contribution in [-0.4, -0.2) is 19.4 Å². The van der Waals surface area contributed by atoms with Crippen molar-refractivity contribution in [3.05, 3.63) is 28.8 Å². The molecule has 0 saturated carbocycles. The summed E-state index contributed by atoms with van der Waals surface area (Å²) in [5, 5.41) is 8.83. The molecule has 0 atom stereocenters. The number of ether oxygens (including phenoxy) is 2. The standard InChI is InChI=1S/C11H8F3NO3/c1-6-3-4-7(10(16)17-2)9(8(6)5-15)18-11(12,13)14/h3-4H,1-2H3. The van der Waals surface area contributed by atoms with E-state index in [-0.39, 0.29) is 11.1 Å². The van der Waals surface area contributed by atoms with Crippen molar-refractivity contribution in [3.63, 3.8) is 0 Å². The van der Waals surface area contributed by atoms with Gasteiger partial charge in [-0.1, -0.05) is 6.07 Å². The van der Waals surface area contributed by atoms with E-state index in [0.717, 1.165) is 13.2 Å². The minimum atomic E-state index is -5.00. The molecule has 0 aliphatic heterocycles. The van der Waals surface area contributed by atoms with E-state index in [4.69, 9.17) is 5.26 Å². The number of hydrogen-bond acceptors (Lipinski definition) is 4. The molecule has 96 valence electrons. The smallest absolute Gasteiger partial charge is 0.465 e. The first-order valence-corrected chi connectivity index (χ1v) is 4.68. The SMILES string of the molecule is COC(=O)c1ccc(C)c(C#N)c1OC(F)(F)F. The highest BCUT2D eigenvalue weighted by Crippen LogP contribution is 2.32. The van der Waals surface area contributed by atoms with Crippen molar-refractivity contribution in [2.24, 2.45) is 0 Å². The van der Waals surface area contributed by atoms with Gasteiger partial charge < -0.3 is 9.47 Å². The average molecular weight is 259 g/mol. The second-order valence-corrected chi connectivity index (χ2v) is 3.29. The van der Waals surface area contributed by atoms with Gasteiger partial charge in [-0.05, 0) is 18.6 Å². The Morgan fingerprint density at radius 2 is 2.00 bits per heavy atom. The van der Waals surface area contributed by atoms with Crippen molar-refractivity contribution in [1.82, 2.24) is 0 Å². The van der Waals surface area contributed by atoms with Crippen LogP contribution >= 0.6 is 0 Å². The molecule has 0 bridgehead atoms. The van der Waals surface area contributed by atoms with Crippen LogP contribution in [0.3, 0.4) is 0 Å². The van der Waals surface area contributed by atoms with E-state index in [0.29, 0.717) is 0 Å². The minimum Gasteiger partial charge on any atom is -0.465 e. The maximum absolute atomic E-state index is 12.3. The second kappa shape index (κ2) is 4.96. The van der Waals surface area contributed by atoms with E-state index < -0.39 is 23.6 Å². The summed E-state index contributed by atoms with van der Waals surface area (Å²) in [5.41, 5.74) is -0.531. The van der Waals surface area contributed by atoms with Gasteiger partial charge in [0.05, 0.1) is 12.7 Å². The molecule has 1 rings (SSSR count). The number of hydrogen-bond donors (Lipinski definition) is 0. The largest absolute Gasteiger partial charge is 0.573 e. The normalized spacial score (nSPS) is 10.7. The summed E-state index contributed by atoms with van der Waals surface area (Å²) < 4.78 is 44.8. The van der Waals surface area contributed by atoms with Crippen molar-refractivity contribution in [1.29, 1.82) is 5.26 Å². The fraction of sp³-hybridized carbons (Fsp3) is 0.273. The Labute approximate surface area is 101 Å². The topological polar surface area (TPSA) is 59.3 Å². The summed E-state index contributed by atoms with van der Waals surface area (Å²) in [4.78, 5) is 11.3. The molecule has 0 spiro atoms. The number of aryl methyl sites for hydroxylation is 1. The number of methoxy groups -OCH3 is 1. The molecule has 0 N–H and O–H groups in total. The Kier molecular flexibility index (Phi) is 3.81. The number of nitriles is 1. The molecule has 0 heterocycles. The van der Waals surface area contributed by atoms with Crippen LogP contribution in [0.15, 0.2) is 12.1 Å². The molecular weight excluding hydrogens is 251 g/mol. The Hall–Kier alpha value is -2.23. The van der Waals surface area contributed by atoms with E-state index in [2.05, 4.69) is 9.47 Å². The lowest BCUT2D eigenvalue weighted by molar-refractivity contribution is -0.274. The van der Waals surface area contributed by atoms with Gasteiger partial charge in [-0.2, -0.15) is 5.26 Å². The highest BCUT2D eigenvalue weighted by Gasteiger charge is 2.35. The zero-order valence-corrected chi connectivity index (χ0v) is 9.46. The molecule has 0 aromatic heterocycles. The molecule has 1 aromatic rings. The number of benzene rings is 1. The van der Waals surface area contributed by atoms with Gasteiger partial charge in [0.25, 0.3) is 0 Å². The summed E-state index contributed by atoms with van der Waals surface area (Å²) in [6.45, 7) is 1.43. The lowest BCUT2D eigenvalue weighted by Gasteiger charge is -2.14. The molecule has 0 aliphatic carbocycles. The predicted molar refractivity (Wildman–Crippen MR) is 53.9 cm³/mol. The summed E-state index contributed by atoms with van der Waals surface area (Å²) >= 11 is 0. The Balaban J connectivity index is 3.45. The Morgan fingerprint density at radius 1 is 1.39 bits per heavy atom. The minimum absolute atomic E-state index is 0.268. The summed E-state index contributed by atoms with van der Waals surface area (Å²) in [6.07, 6.45) is -5.00. The van der Waals surface area contributed by atoms with Gasteiger partial charge in [-0.25, -0.2) is 4.79 Å². The third-order valence-corrected chi connectivity index (χ3v) is 2.10. The molecule has 0 radical (unpaired) electrons. The molecular formula is C11H8F3NO3. The maximum Gasteiger partial charge on any atom is 0.573 e. The van der Waals surface area contributed by atoms with Crippen LogP contribution in [-0.2, 0) is 4.74 Å².